The third-order valence-corrected chi connectivity index (χ3v) is 3.06. The smallest absolute Gasteiger partial charge is 0.229 e. The van der Waals surface area contributed by atoms with E-state index in [-0.39, 0.29) is 0 Å². The second-order valence-electron chi connectivity index (χ2n) is 4.57. The molecule has 2 N–H and O–H groups in total. The van der Waals surface area contributed by atoms with E-state index in [1.807, 2.05) is 42.5 Å². The van der Waals surface area contributed by atoms with Crippen molar-refractivity contribution < 1.29 is 0 Å². The zero-order valence-corrected chi connectivity index (χ0v) is 11.5. The largest absolute Gasteiger partial charge is 0.326 e. The number of anilines is 2. The van der Waals surface area contributed by atoms with Gasteiger partial charge in [0.25, 0.3) is 0 Å². The fourth-order valence-electron chi connectivity index (χ4n) is 1.95. The Hall–Kier alpha value is -1.94. The lowest BCUT2D eigenvalue weighted by molar-refractivity contribution is 0.895. The number of benzene rings is 1. The Morgan fingerprint density at radius 3 is 2.53 bits per heavy atom. The Labute approximate surface area is 114 Å². The first-order valence-electron chi connectivity index (χ1n) is 6.58. The first-order chi connectivity index (χ1) is 9.24. The van der Waals surface area contributed by atoms with Gasteiger partial charge in [-0.15, -0.1) is 0 Å². The van der Waals surface area contributed by atoms with Crippen LogP contribution in [-0.2, 0) is 13.0 Å². The van der Waals surface area contributed by atoms with E-state index in [1.165, 1.54) is 5.56 Å². The first-order valence-corrected chi connectivity index (χ1v) is 6.58. The molecule has 0 radical (unpaired) electrons. The standard InChI is InChI=1S/C15H20N4/c1-3-5-13-10-17-15(18-11-13)19(2)14-7-4-6-12(8-14)9-16/h4,6-8,10-11H,3,5,9,16H2,1-2H3. The topological polar surface area (TPSA) is 55.0 Å². The average Bonchev–Trinajstić information content (AvgIpc) is 2.48. The van der Waals surface area contributed by atoms with Crippen LogP contribution in [0.1, 0.15) is 24.5 Å². The maximum atomic E-state index is 5.66. The predicted octanol–water partition coefficient (Wildman–Crippen LogP) is 2.66. The van der Waals surface area contributed by atoms with Crippen LogP contribution >= 0.6 is 0 Å². The fourth-order valence-corrected chi connectivity index (χ4v) is 1.95. The number of nitrogens with two attached hydrogens (primary N) is 1. The lowest BCUT2D eigenvalue weighted by Gasteiger charge is -2.17. The van der Waals surface area contributed by atoms with Crippen molar-refractivity contribution in [1.82, 2.24) is 9.97 Å². The van der Waals surface area contributed by atoms with Crippen LogP contribution in [0.25, 0.3) is 0 Å². The van der Waals surface area contributed by atoms with E-state index in [9.17, 15) is 0 Å². The summed E-state index contributed by atoms with van der Waals surface area (Å²) in [6.45, 7) is 2.69. The molecular weight excluding hydrogens is 236 g/mol. The number of nitrogens with zero attached hydrogens (tertiary/aromatic N) is 3. The van der Waals surface area contributed by atoms with Gasteiger partial charge in [-0.25, -0.2) is 9.97 Å². The Morgan fingerprint density at radius 2 is 1.89 bits per heavy atom. The molecule has 0 spiro atoms. The molecule has 2 aromatic rings. The number of hydrogen-bond acceptors (Lipinski definition) is 4. The molecule has 100 valence electrons. The van der Waals surface area contributed by atoms with E-state index >= 15 is 0 Å². The zero-order valence-electron chi connectivity index (χ0n) is 11.5. The highest BCUT2D eigenvalue weighted by Crippen LogP contribution is 2.20. The Bertz CT molecular complexity index is 522. The molecule has 4 heteroatoms. The van der Waals surface area contributed by atoms with Gasteiger partial charge in [-0.2, -0.15) is 0 Å². The molecule has 0 aliphatic rings. The van der Waals surface area contributed by atoms with Gasteiger partial charge in [-0.3, -0.25) is 0 Å². The highest BCUT2D eigenvalue weighted by atomic mass is 15.2. The van der Waals surface area contributed by atoms with Gasteiger partial charge in [-0.05, 0) is 29.7 Å². The number of hydrogen-bond donors (Lipinski definition) is 1. The first kappa shape index (κ1) is 13.5. The number of rotatable bonds is 5. The Balaban J connectivity index is 2.20. The normalized spacial score (nSPS) is 10.5. The van der Waals surface area contributed by atoms with Crippen molar-refractivity contribution in [3.05, 3.63) is 47.8 Å². The van der Waals surface area contributed by atoms with E-state index in [0.29, 0.717) is 12.5 Å². The van der Waals surface area contributed by atoms with Crippen molar-refractivity contribution in [2.24, 2.45) is 5.73 Å². The molecule has 4 nitrogen and oxygen atoms in total. The van der Waals surface area contributed by atoms with Crippen LogP contribution in [0.4, 0.5) is 11.6 Å². The van der Waals surface area contributed by atoms with Crippen molar-refractivity contribution in [3.63, 3.8) is 0 Å². The molecule has 0 amide bonds. The summed E-state index contributed by atoms with van der Waals surface area (Å²) in [5.74, 6) is 0.703. The summed E-state index contributed by atoms with van der Waals surface area (Å²) in [5, 5.41) is 0. The van der Waals surface area contributed by atoms with Gasteiger partial charge in [0, 0.05) is 31.7 Å². The molecule has 2 rings (SSSR count). The lowest BCUT2D eigenvalue weighted by Crippen LogP contribution is -2.13. The van der Waals surface area contributed by atoms with Crippen LogP contribution in [0, 0.1) is 0 Å². The number of aryl methyl sites for hydroxylation is 1. The van der Waals surface area contributed by atoms with Crippen LogP contribution in [0.2, 0.25) is 0 Å². The monoisotopic (exact) mass is 256 g/mol. The molecule has 1 heterocycles. The minimum Gasteiger partial charge on any atom is -0.326 e. The second-order valence-corrected chi connectivity index (χ2v) is 4.57. The van der Waals surface area contributed by atoms with E-state index in [0.717, 1.165) is 24.1 Å². The molecular formula is C15H20N4. The van der Waals surface area contributed by atoms with E-state index in [4.69, 9.17) is 5.73 Å². The molecule has 0 aliphatic carbocycles. The molecule has 0 atom stereocenters. The van der Waals surface area contributed by atoms with Gasteiger partial charge in [0.1, 0.15) is 0 Å². The summed E-state index contributed by atoms with van der Waals surface area (Å²) >= 11 is 0. The maximum absolute atomic E-state index is 5.66. The van der Waals surface area contributed by atoms with Crippen molar-refractivity contribution in [2.75, 3.05) is 11.9 Å². The average molecular weight is 256 g/mol. The van der Waals surface area contributed by atoms with Gasteiger partial charge in [0.2, 0.25) is 5.95 Å². The van der Waals surface area contributed by atoms with Crippen LogP contribution in [0.15, 0.2) is 36.7 Å². The number of aromatic nitrogens is 2. The van der Waals surface area contributed by atoms with Crippen molar-refractivity contribution in [3.8, 4) is 0 Å². The van der Waals surface area contributed by atoms with Crippen molar-refractivity contribution in [1.29, 1.82) is 0 Å². The van der Waals surface area contributed by atoms with Crippen LogP contribution < -0.4 is 10.6 Å². The second kappa shape index (κ2) is 6.29. The zero-order chi connectivity index (χ0) is 13.7. The molecule has 0 saturated carbocycles. The maximum Gasteiger partial charge on any atom is 0.229 e. The highest BCUT2D eigenvalue weighted by molar-refractivity contribution is 5.57. The van der Waals surface area contributed by atoms with Crippen LogP contribution in [0.3, 0.4) is 0 Å². The summed E-state index contributed by atoms with van der Waals surface area (Å²) in [5.41, 5.74) is 8.99. The summed E-state index contributed by atoms with van der Waals surface area (Å²) in [7, 11) is 1.96. The van der Waals surface area contributed by atoms with Crippen LogP contribution in [-0.4, -0.2) is 17.0 Å². The third-order valence-electron chi connectivity index (χ3n) is 3.06. The highest BCUT2D eigenvalue weighted by Gasteiger charge is 2.07. The van der Waals surface area contributed by atoms with E-state index in [2.05, 4.69) is 23.0 Å². The lowest BCUT2D eigenvalue weighted by atomic mass is 10.2. The van der Waals surface area contributed by atoms with Gasteiger partial charge in [0.05, 0.1) is 0 Å². The van der Waals surface area contributed by atoms with Crippen molar-refractivity contribution in [2.45, 2.75) is 26.3 Å². The van der Waals surface area contributed by atoms with Gasteiger partial charge < -0.3 is 10.6 Å². The molecule has 19 heavy (non-hydrogen) atoms. The minimum absolute atomic E-state index is 0.540. The minimum atomic E-state index is 0.540. The van der Waals surface area contributed by atoms with E-state index in [1.54, 1.807) is 0 Å². The molecule has 0 bridgehead atoms. The van der Waals surface area contributed by atoms with Gasteiger partial charge in [-0.1, -0.05) is 25.5 Å². The molecule has 1 aromatic heterocycles. The predicted molar refractivity (Wildman–Crippen MR) is 78.4 cm³/mol. The molecule has 1 aromatic carbocycles. The SMILES string of the molecule is CCCc1cnc(N(C)c2cccc(CN)c2)nc1. The fraction of sp³-hybridized carbons (Fsp3) is 0.333. The van der Waals surface area contributed by atoms with Crippen LogP contribution in [0.5, 0.6) is 0 Å². The third kappa shape index (κ3) is 3.29. The van der Waals surface area contributed by atoms with Crippen molar-refractivity contribution >= 4 is 11.6 Å². The van der Waals surface area contributed by atoms with Gasteiger partial charge >= 0.3 is 0 Å². The Morgan fingerprint density at radius 1 is 1.16 bits per heavy atom. The summed E-state index contributed by atoms with van der Waals surface area (Å²) in [6.07, 6.45) is 5.92. The molecule has 0 saturated heterocycles. The molecule has 0 fully saturated rings. The van der Waals surface area contributed by atoms with Gasteiger partial charge in [0.15, 0.2) is 0 Å². The molecule has 0 unspecified atom stereocenters. The summed E-state index contributed by atoms with van der Waals surface area (Å²) in [4.78, 5) is 10.8. The molecule has 0 aliphatic heterocycles. The Kier molecular flexibility index (Phi) is 4.47. The summed E-state index contributed by atoms with van der Waals surface area (Å²) in [6, 6.07) is 8.10. The van der Waals surface area contributed by atoms with E-state index < -0.39 is 0 Å². The quantitative estimate of drug-likeness (QED) is 0.893. The summed E-state index contributed by atoms with van der Waals surface area (Å²) < 4.78 is 0.